The predicted octanol–water partition coefficient (Wildman–Crippen LogP) is 1.85. The van der Waals surface area contributed by atoms with Gasteiger partial charge < -0.3 is 15.8 Å². The molecule has 1 heterocycles. The minimum absolute atomic E-state index is 0.223. The lowest BCUT2D eigenvalue weighted by molar-refractivity contribution is 0.000631. The van der Waals surface area contributed by atoms with E-state index in [-0.39, 0.29) is 5.60 Å². The molecule has 0 spiro atoms. The number of nitrogens with two attached hydrogens (primary N) is 1. The molecule has 96 valence electrons. The van der Waals surface area contributed by atoms with Crippen LogP contribution in [0.2, 0.25) is 0 Å². The van der Waals surface area contributed by atoms with Crippen molar-refractivity contribution in [2.75, 3.05) is 24.2 Å². The Kier molecular flexibility index (Phi) is 4.69. The second-order valence-electron chi connectivity index (χ2n) is 4.49. The Balaban J connectivity index is 2.72. The molecule has 5 nitrogen and oxygen atoms in total. The zero-order valence-electron chi connectivity index (χ0n) is 11.1. The van der Waals surface area contributed by atoms with Crippen LogP contribution in [0.4, 0.5) is 11.6 Å². The van der Waals surface area contributed by atoms with E-state index in [0.717, 1.165) is 17.8 Å². The fourth-order valence-electron chi connectivity index (χ4n) is 1.67. The Hall–Kier alpha value is -1.36. The average molecular weight is 238 g/mol. The molecule has 1 aromatic rings. The molecule has 0 saturated carbocycles. The number of hydrogen-bond donors (Lipinski definition) is 2. The minimum Gasteiger partial charge on any atom is -0.383 e. The van der Waals surface area contributed by atoms with Crippen molar-refractivity contribution >= 4 is 11.6 Å². The summed E-state index contributed by atoms with van der Waals surface area (Å²) in [5.41, 5.74) is 6.54. The van der Waals surface area contributed by atoms with Crippen LogP contribution in [0, 0.1) is 0 Å². The van der Waals surface area contributed by atoms with E-state index in [4.69, 9.17) is 10.5 Å². The number of anilines is 2. The zero-order valence-corrected chi connectivity index (χ0v) is 11.1. The lowest BCUT2D eigenvalue weighted by atomic mass is 10.1. The van der Waals surface area contributed by atoms with Gasteiger partial charge in [0.2, 0.25) is 0 Å². The molecule has 1 aromatic heterocycles. The third kappa shape index (κ3) is 3.85. The van der Waals surface area contributed by atoms with Crippen LogP contribution < -0.4 is 11.1 Å². The van der Waals surface area contributed by atoms with Crippen molar-refractivity contribution in [3.05, 3.63) is 11.9 Å². The molecule has 0 aliphatic carbocycles. The fourth-order valence-corrected chi connectivity index (χ4v) is 1.67. The maximum Gasteiger partial charge on any atom is 0.134 e. The Morgan fingerprint density at radius 2 is 2.06 bits per heavy atom. The summed E-state index contributed by atoms with van der Waals surface area (Å²) in [7, 11) is 0. The van der Waals surface area contributed by atoms with Crippen LogP contribution in [-0.4, -0.2) is 28.7 Å². The molecule has 0 unspecified atom stereocenters. The summed E-state index contributed by atoms with van der Waals surface area (Å²) in [5, 5.41) is 3.27. The van der Waals surface area contributed by atoms with Crippen LogP contribution in [-0.2, 0) is 11.2 Å². The fraction of sp³-hybridized carbons (Fsp3) is 0.667. The number of nitrogens with one attached hydrogen (secondary N) is 1. The van der Waals surface area contributed by atoms with Gasteiger partial charge in [0, 0.05) is 18.7 Å². The lowest BCUT2D eigenvalue weighted by Gasteiger charge is -2.25. The van der Waals surface area contributed by atoms with Crippen LogP contribution in [0.25, 0.3) is 0 Å². The summed E-state index contributed by atoms with van der Waals surface area (Å²) < 4.78 is 5.62. The summed E-state index contributed by atoms with van der Waals surface area (Å²) in [5.74, 6) is 1.34. The summed E-state index contributed by atoms with van der Waals surface area (Å²) >= 11 is 0. The summed E-state index contributed by atoms with van der Waals surface area (Å²) in [4.78, 5) is 8.20. The van der Waals surface area contributed by atoms with Crippen molar-refractivity contribution in [1.29, 1.82) is 0 Å². The number of nitrogen functional groups attached to an aromatic ring is 1. The molecule has 0 bridgehead atoms. The smallest absolute Gasteiger partial charge is 0.134 e. The highest BCUT2D eigenvalue weighted by atomic mass is 16.5. The van der Waals surface area contributed by atoms with E-state index in [1.165, 1.54) is 6.33 Å². The molecule has 0 fully saturated rings. The largest absolute Gasteiger partial charge is 0.383 e. The molecule has 1 rings (SSSR count). The van der Waals surface area contributed by atoms with Crippen LogP contribution in [0.1, 0.15) is 33.3 Å². The van der Waals surface area contributed by atoms with E-state index in [0.29, 0.717) is 19.0 Å². The first-order valence-corrected chi connectivity index (χ1v) is 5.97. The molecule has 0 saturated heterocycles. The van der Waals surface area contributed by atoms with E-state index >= 15 is 0 Å². The van der Waals surface area contributed by atoms with E-state index in [9.17, 15) is 0 Å². The third-order valence-electron chi connectivity index (χ3n) is 2.55. The molecule has 0 aliphatic rings. The molecule has 0 aromatic carbocycles. The molecular formula is C12H22N4O. The van der Waals surface area contributed by atoms with Crippen LogP contribution in [0.5, 0.6) is 0 Å². The number of aromatic nitrogens is 2. The van der Waals surface area contributed by atoms with E-state index in [1.54, 1.807) is 0 Å². The van der Waals surface area contributed by atoms with Gasteiger partial charge in [-0.3, -0.25) is 0 Å². The first-order valence-electron chi connectivity index (χ1n) is 5.97. The van der Waals surface area contributed by atoms with Gasteiger partial charge in [0.25, 0.3) is 0 Å². The van der Waals surface area contributed by atoms with Gasteiger partial charge in [-0.2, -0.15) is 0 Å². The Morgan fingerprint density at radius 1 is 1.35 bits per heavy atom. The van der Waals surface area contributed by atoms with Crippen molar-refractivity contribution in [2.24, 2.45) is 0 Å². The standard InChI is InChI=1S/C12H22N4O/c1-5-9-10(13)15-8-16-11(9)14-7-12(3,4)17-6-2/h8H,5-7H2,1-4H3,(H3,13,14,15,16). The van der Waals surface area contributed by atoms with E-state index < -0.39 is 0 Å². The first-order chi connectivity index (χ1) is 8.00. The molecule has 0 aliphatic heterocycles. The van der Waals surface area contributed by atoms with Gasteiger partial charge >= 0.3 is 0 Å². The molecule has 0 radical (unpaired) electrons. The average Bonchev–Trinajstić information content (AvgIpc) is 2.26. The Bertz CT molecular complexity index is 366. The monoisotopic (exact) mass is 238 g/mol. The second-order valence-corrected chi connectivity index (χ2v) is 4.49. The molecular weight excluding hydrogens is 216 g/mol. The highest BCUT2D eigenvalue weighted by molar-refractivity contribution is 5.54. The van der Waals surface area contributed by atoms with Crippen molar-refractivity contribution in [1.82, 2.24) is 9.97 Å². The predicted molar refractivity (Wildman–Crippen MR) is 70.0 cm³/mol. The minimum atomic E-state index is -0.223. The lowest BCUT2D eigenvalue weighted by Crippen LogP contribution is -2.33. The van der Waals surface area contributed by atoms with Crippen LogP contribution in [0.15, 0.2) is 6.33 Å². The van der Waals surface area contributed by atoms with Crippen molar-refractivity contribution < 1.29 is 4.74 Å². The van der Waals surface area contributed by atoms with Gasteiger partial charge in [0.05, 0.1) is 5.60 Å². The molecule has 5 heteroatoms. The zero-order chi connectivity index (χ0) is 12.9. The van der Waals surface area contributed by atoms with Gasteiger partial charge in [0.1, 0.15) is 18.0 Å². The Morgan fingerprint density at radius 3 is 2.65 bits per heavy atom. The topological polar surface area (TPSA) is 73.1 Å². The van der Waals surface area contributed by atoms with Gasteiger partial charge in [-0.25, -0.2) is 9.97 Å². The number of ether oxygens (including phenoxy) is 1. The second kappa shape index (κ2) is 5.82. The SMILES string of the molecule is CCOC(C)(C)CNc1ncnc(N)c1CC. The van der Waals surface area contributed by atoms with Gasteiger partial charge in [0.15, 0.2) is 0 Å². The summed E-state index contributed by atoms with van der Waals surface area (Å²) in [6.45, 7) is 9.49. The van der Waals surface area contributed by atoms with Gasteiger partial charge in [-0.15, -0.1) is 0 Å². The Labute approximate surface area is 103 Å². The van der Waals surface area contributed by atoms with E-state index in [2.05, 4.69) is 15.3 Å². The van der Waals surface area contributed by atoms with E-state index in [1.807, 2.05) is 27.7 Å². The number of nitrogens with zero attached hydrogens (tertiary/aromatic N) is 2. The summed E-state index contributed by atoms with van der Waals surface area (Å²) in [6.07, 6.45) is 2.29. The van der Waals surface area contributed by atoms with Crippen molar-refractivity contribution in [3.63, 3.8) is 0 Å². The molecule has 17 heavy (non-hydrogen) atoms. The highest BCUT2D eigenvalue weighted by Crippen LogP contribution is 2.19. The maximum atomic E-state index is 5.81. The quantitative estimate of drug-likeness (QED) is 0.791. The normalized spacial score (nSPS) is 11.5. The number of hydrogen-bond acceptors (Lipinski definition) is 5. The van der Waals surface area contributed by atoms with Crippen LogP contribution >= 0.6 is 0 Å². The third-order valence-corrected chi connectivity index (χ3v) is 2.55. The van der Waals surface area contributed by atoms with Gasteiger partial charge in [-0.1, -0.05) is 6.92 Å². The number of rotatable bonds is 6. The molecule has 0 atom stereocenters. The van der Waals surface area contributed by atoms with Crippen molar-refractivity contribution in [3.8, 4) is 0 Å². The first kappa shape index (κ1) is 13.7. The maximum absolute atomic E-state index is 5.81. The highest BCUT2D eigenvalue weighted by Gasteiger charge is 2.18. The van der Waals surface area contributed by atoms with Crippen molar-refractivity contribution in [2.45, 2.75) is 39.7 Å². The summed E-state index contributed by atoms with van der Waals surface area (Å²) in [6, 6.07) is 0. The molecule has 3 N–H and O–H groups in total. The van der Waals surface area contributed by atoms with Crippen LogP contribution in [0.3, 0.4) is 0 Å². The molecule has 0 amide bonds. The van der Waals surface area contributed by atoms with Gasteiger partial charge in [-0.05, 0) is 27.2 Å².